The molecule has 3 fully saturated rings. The summed E-state index contributed by atoms with van der Waals surface area (Å²) in [5.74, 6) is -0.0533. The zero-order valence-corrected chi connectivity index (χ0v) is 27.7. The maximum Gasteiger partial charge on any atom is 0.257 e. The topological polar surface area (TPSA) is 93.1 Å². The van der Waals surface area contributed by atoms with Gasteiger partial charge in [-0.15, -0.1) is 0 Å². The van der Waals surface area contributed by atoms with E-state index in [4.69, 9.17) is 21.1 Å². The minimum Gasteiger partial charge on any atom is -0.376 e. The van der Waals surface area contributed by atoms with Crippen molar-refractivity contribution < 1.29 is 23.9 Å². The second kappa shape index (κ2) is 14.3. The molecular weight excluding hydrogens is 604 g/mol. The highest BCUT2D eigenvalue weighted by atomic mass is 35.5. The van der Waals surface area contributed by atoms with Crippen LogP contribution in [0.25, 0.3) is 10.9 Å². The summed E-state index contributed by atoms with van der Waals surface area (Å²) in [4.78, 5) is 42.7. The number of aldehydes is 1. The van der Waals surface area contributed by atoms with Gasteiger partial charge in [-0.25, -0.2) is 0 Å². The fourth-order valence-corrected chi connectivity index (χ4v) is 7.78. The Balaban J connectivity index is 1.12. The summed E-state index contributed by atoms with van der Waals surface area (Å²) >= 11 is 6.66. The monoisotopic (exact) mass is 648 g/mol. The smallest absolute Gasteiger partial charge is 0.257 e. The van der Waals surface area contributed by atoms with E-state index < -0.39 is 0 Å². The number of ether oxygens (including phenoxy) is 2. The molecule has 9 nitrogen and oxygen atoms in total. The number of aromatic nitrogens is 1. The minimum absolute atomic E-state index is 0.0236. The number of carbonyl (C=O) groups excluding carboxylic acids is 3. The highest BCUT2D eigenvalue weighted by molar-refractivity contribution is 6.34. The van der Waals surface area contributed by atoms with E-state index in [2.05, 4.69) is 24.1 Å². The van der Waals surface area contributed by atoms with Crippen molar-refractivity contribution in [3.05, 3.63) is 64.8 Å². The molecule has 1 saturated carbocycles. The molecule has 246 valence electrons. The van der Waals surface area contributed by atoms with E-state index in [9.17, 15) is 14.4 Å². The van der Waals surface area contributed by atoms with Gasteiger partial charge in [-0.3, -0.25) is 14.5 Å². The second-order valence-corrected chi connectivity index (χ2v) is 13.8. The lowest BCUT2D eigenvalue weighted by molar-refractivity contribution is -0.133. The zero-order chi connectivity index (χ0) is 32.4. The van der Waals surface area contributed by atoms with Crippen LogP contribution >= 0.6 is 11.6 Å². The molecule has 0 unspecified atom stereocenters. The van der Waals surface area contributed by atoms with Crippen LogP contribution < -0.4 is 5.32 Å². The second-order valence-electron chi connectivity index (χ2n) is 13.4. The number of para-hydroxylation sites is 1. The third kappa shape index (κ3) is 7.33. The summed E-state index contributed by atoms with van der Waals surface area (Å²) in [5.41, 5.74) is 2.85. The molecule has 2 aliphatic heterocycles. The lowest BCUT2D eigenvalue weighted by Crippen LogP contribution is -2.51. The van der Waals surface area contributed by atoms with Crippen LogP contribution in [0.1, 0.15) is 61.9 Å². The van der Waals surface area contributed by atoms with Crippen molar-refractivity contribution in [3.63, 3.8) is 0 Å². The molecular formula is C36H45ClN4O5. The predicted molar refractivity (Wildman–Crippen MR) is 179 cm³/mol. The largest absolute Gasteiger partial charge is 0.376 e. The first kappa shape index (κ1) is 32.7. The van der Waals surface area contributed by atoms with Crippen LogP contribution in [0, 0.1) is 5.92 Å². The molecule has 2 saturated heterocycles. The number of aryl methyl sites for hydroxylation is 1. The molecule has 4 atom stereocenters. The summed E-state index contributed by atoms with van der Waals surface area (Å²) < 4.78 is 14.3. The van der Waals surface area contributed by atoms with Gasteiger partial charge in [0.15, 0.2) is 0 Å². The van der Waals surface area contributed by atoms with Crippen molar-refractivity contribution in [1.29, 1.82) is 0 Å². The molecule has 1 aliphatic carbocycles. The molecule has 46 heavy (non-hydrogen) atoms. The Morgan fingerprint density at radius 2 is 1.78 bits per heavy atom. The van der Waals surface area contributed by atoms with Crippen LogP contribution in [0.15, 0.2) is 48.7 Å². The highest BCUT2D eigenvalue weighted by Gasteiger charge is 2.40. The Morgan fingerprint density at radius 1 is 1.04 bits per heavy atom. The molecule has 1 N–H and O–H groups in total. The quantitative estimate of drug-likeness (QED) is 0.309. The summed E-state index contributed by atoms with van der Waals surface area (Å²) in [6.45, 7) is 7.05. The van der Waals surface area contributed by atoms with E-state index in [-0.39, 0.29) is 54.5 Å². The number of nitrogens with one attached hydrogen (secondary N) is 1. The highest BCUT2D eigenvalue weighted by Crippen LogP contribution is 2.31. The molecule has 3 aromatic rings. The first-order chi connectivity index (χ1) is 22.2. The van der Waals surface area contributed by atoms with Crippen molar-refractivity contribution in [1.82, 2.24) is 14.4 Å². The number of hydrogen-bond donors (Lipinski definition) is 1. The first-order valence-electron chi connectivity index (χ1n) is 16.6. The lowest BCUT2D eigenvalue weighted by atomic mass is 9.88. The number of nitrogens with zero attached hydrogens (tertiary/aromatic N) is 3. The van der Waals surface area contributed by atoms with Gasteiger partial charge in [0.1, 0.15) is 6.29 Å². The predicted octanol–water partition coefficient (Wildman–Crippen LogP) is 5.48. The number of likely N-dealkylation sites (tertiary alicyclic amines) is 1. The number of benzene rings is 2. The van der Waals surface area contributed by atoms with Gasteiger partial charge in [0.25, 0.3) is 5.91 Å². The molecule has 0 radical (unpaired) electrons. The lowest BCUT2D eigenvalue weighted by Gasteiger charge is -2.38. The number of rotatable bonds is 9. The molecule has 10 heteroatoms. The number of carbonyl (C=O) groups is 3. The van der Waals surface area contributed by atoms with Crippen molar-refractivity contribution in [2.75, 3.05) is 31.6 Å². The first-order valence-corrected chi connectivity index (χ1v) is 17.0. The Bertz CT molecular complexity index is 1560. The fourth-order valence-electron chi connectivity index (χ4n) is 7.53. The normalized spacial score (nSPS) is 27.2. The third-order valence-electron chi connectivity index (χ3n) is 9.89. The van der Waals surface area contributed by atoms with Gasteiger partial charge in [-0.05, 0) is 69.7 Å². The van der Waals surface area contributed by atoms with Crippen molar-refractivity contribution in [3.8, 4) is 0 Å². The van der Waals surface area contributed by atoms with Crippen LogP contribution in [0.4, 0.5) is 5.69 Å². The summed E-state index contributed by atoms with van der Waals surface area (Å²) in [5, 5.41) is 4.21. The number of morpholine rings is 1. The maximum absolute atomic E-state index is 13.9. The van der Waals surface area contributed by atoms with Gasteiger partial charge in [-0.2, -0.15) is 0 Å². The minimum atomic E-state index is -0.236. The van der Waals surface area contributed by atoms with Gasteiger partial charge in [0.05, 0.1) is 53.7 Å². The Hall–Kier alpha value is -3.24. The van der Waals surface area contributed by atoms with Gasteiger partial charge >= 0.3 is 0 Å². The molecule has 2 aromatic carbocycles. The number of anilines is 1. The number of halogens is 1. The molecule has 0 bridgehead atoms. The average Bonchev–Trinajstić information content (AvgIpc) is 3.63. The number of fused-ring (bicyclic) bond motifs is 1. The molecule has 2 amide bonds. The number of amides is 2. The van der Waals surface area contributed by atoms with Crippen molar-refractivity contribution in [2.24, 2.45) is 13.0 Å². The van der Waals surface area contributed by atoms with Gasteiger partial charge < -0.3 is 29.1 Å². The molecule has 6 rings (SSSR count). The Morgan fingerprint density at radius 3 is 2.50 bits per heavy atom. The molecule has 3 heterocycles. The molecule has 1 aromatic heterocycles. The van der Waals surface area contributed by atoms with Crippen LogP contribution in [0.2, 0.25) is 5.02 Å². The number of hydrogen-bond acceptors (Lipinski definition) is 6. The van der Waals surface area contributed by atoms with Crippen molar-refractivity contribution >= 4 is 46.3 Å². The summed E-state index contributed by atoms with van der Waals surface area (Å²) in [7, 11) is 1.92. The van der Waals surface area contributed by atoms with E-state index in [1.165, 1.54) is 0 Å². The van der Waals surface area contributed by atoms with E-state index in [0.29, 0.717) is 29.4 Å². The SMILES string of the molecule is C[C@@H]1CN([C@H]2C[C@@H](COC3CCC(C=O)CC3)N(C(=O)Cc3ccc(NC(=O)c4cn(C)c5ccccc45)c(Cl)c3)C2)C[C@H](C)O1. The average molecular weight is 649 g/mol. The summed E-state index contributed by atoms with van der Waals surface area (Å²) in [6.07, 6.45) is 7.89. The Labute approximate surface area is 276 Å². The van der Waals surface area contributed by atoms with Crippen LogP contribution in [-0.4, -0.2) is 89.1 Å². The standard InChI is InChI=1S/C36H45ClN4O5/c1-23-17-40(18-24(2)46-23)27-16-28(22-45-29-11-8-25(21-42)9-12-29)41(19-27)35(43)15-26-10-13-33(32(37)14-26)38-36(44)31-20-39(3)34-7-5-4-6-30(31)34/h4-7,10,13-14,20-21,23-25,27-29H,8-9,11-12,15-19,22H2,1-3H3,(H,38,44)/t23-,24+,25?,27-,28-,29?/m0/s1. The maximum atomic E-state index is 13.9. The van der Waals surface area contributed by atoms with Crippen LogP contribution in [-0.2, 0) is 32.5 Å². The van der Waals surface area contributed by atoms with E-state index in [1.807, 2.05) is 53.0 Å². The third-order valence-corrected chi connectivity index (χ3v) is 10.2. The molecule has 0 spiro atoms. The van der Waals surface area contributed by atoms with Crippen LogP contribution in [0.5, 0.6) is 0 Å². The van der Waals surface area contributed by atoms with Gasteiger partial charge in [0, 0.05) is 55.7 Å². The van der Waals surface area contributed by atoms with E-state index in [1.54, 1.807) is 12.1 Å². The van der Waals surface area contributed by atoms with Gasteiger partial charge in [-0.1, -0.05) is 35.9 Å². The summed E-state index contributed by atoms with van der Waals surface area (Å²) in [6, 6.07) is 13.4. The van der Waals surface area contributed by atoms with Crippen molar-refractivity contribution in [2.45, 2.75) is 82.8 Å². The van der Waals surface area contributed by atoms with E-state index >= 15 is 0 Å². The fraction of sp³-hybridized carbons (Fsp3) is 0.528. The van der Waals surface area contributed by atoms with Crippen LogP contribution in [0.3, 0.4) is 0 Å². The Kier molecular flexibility index (Phi) is 10.1. The molecule has 3 aliphatic rings. The van der Waals surface area contributed by atoms with E-state index in [0.717, 1.165) is 67.9 Å². The zero-order valence-electron chi connectivity index (χ0n) is 27.0. The van der Waals surface area contributed by atoms with Gasteiger partial charge in [0.2, 0.25) is 5.91 Å².